The molecule has 7 heteroatoms. The third kappa shape index (κ3) is 54.1. The van der Waals surface area contributed by atoms with E-state index in [9.17, 15) is 13.2 Å². The van der Waals surface area contributed by atoms with Crippen LogP contribution in [0.4, 0.5) is 13.2 Å². The molecule has 2 aromatic carbocycles. The largest absolute Gasteiger partial charge is 0.443 e. The van der Waals surface area contributed by atoms with Gasteiger partial charge in [0.25, 0.3) is 12.5 Å². The summed E-state index contributed by atoms with van der Waals surface area (Å²) in [6.07, 6.45) is 1.50. The first-order valence-corrected chi connectivity index (χ1v) is 5.55. The predicted molar refractivity (Wildman–Crippen MR) is 75.1 cm³/mol. The van der Waals surface area contributed by atoms with Gasteiger partial charge in [-0.15, -0.1) is 0 Å². The van der Waals surface area contributed by atoms with Crippen LogP contribution in [-0.4, -0.2) is 16.9 Å². The van der Waals surface area contributed by atoms with Gasteiger partial charge in [-0.05, 0) is 0 Å². The highest BCUT2D eigenvalue weighted by molar-refractivity contribution is 4.99. The normalized spacial score (nSPS) is 6.64. The zero-order valence-electron chi connectivity index (χ0n) is 11.4. The van der Waals surface area contributed by atoms with Crippen molar-refractivity contribution in [3.8, 4) is 12.5 Å². The second kappa shape index (κ2) is 26.4. The Balaban J connectivity index is -0.000000214. The second-order valence-electron chi connectivity index (χ2n) is 2.76. The summed E-state index contributed by atoms with van der Waals surface area (Å²) in [5.41, 5.74) is 0. The van der Waals surface area contributed by atoms with Gasteiger partial charge in [0.2, 0.25) is 0 Å². The molecule has 0 amide bonds. The maximum absolute atomic E-state index is 9.67. The number of rotatable bonds is 0. The van der Waals surface area contributed by atoms with E-state index in [4.69, 9.17) is 20.7 Å². The van der Waals surface area contributed by atoms with Crippen molar-refractivity contribution in [2.24, 2.45) is 0 Å². The Kier molecular flexibility index (Phi) is 28.6. The number of benzene rings is 2. The first-order valence-electron chi connectivity index (χ1n) is 5.55. The number of aliphatic hydroxyl groups is 2. The molecular formula is C15H15F3N2O2. The lowest BCUT2D eigenvalue weighted by Crippen LogP contribution is -1.65. The van der Waals surface area contributed by atoms with Crippen LogP contribution in [-0.2, 0) is 0 Å². The Bertz CT molecular complexity index is 372. The van der Waals surface area contributed by atoms with Gasteiger partial charge in [0, 0.05) is 0 Å². The van der Waals surface area contributed by atoms with Crippen LogP contribution in [0.15, 0.2) is 72.8 Å². The van der Waals surface area contributed by atoms with Crippen LogP contribution in [0.1, 0.15) is 0 Å². The molecule has 2 rings (SSSR count). The van der Waals surface area contributed by atoms with Crippen molar-refractivity contribution in [2.45, 2.75) is 6.68 Å². The molecule has 0 heterocycles. The van der Waals surface area contributed by atoms with Gasteiger partial charge in [0.15, 0.2) is 0 Å². The van der Waals surface area contributed by atoms with Crippen molar-refractivity contribution < 1.29 is 23.4 Å². The number of hydrogen-bond donors (Lipinski definition) is 2. The molecule has 0 atom stereocenters. The van der Waals surface area contributed by atoms with Crippen LogP contribution >= 0.6 is 0 Å². The highest BCUT2D eigenvalue weighted by Crippen LogP contribution is 1.87. The molecule has 0 bridgehead atoms. The van der Waals surface area contributed by atoms with Crippen LogP contribution in [0.5, 0.6) is 0 Å². The first kappa shape index (κ1) is 23.9. The quantitative estimate of drug-likeness (QED) is 0.712. The maximum atomic E-state index is 9.67. The summed E-state index contributed by atoms with van der Waals surface area (Å²) < 4.78 is 29.0. The molecule has 0 aliphatic heterocycles. The predicted octanol–water partition coefficient (Wildman–Crippen LogP) is 4.23. The van der Waals surface area contributed by atoms with E-state index in [2.05, 4.69) is 0 Å². The summed E-state index contributed by atoms with van der Waals surface area (Å²) in [4.78, 5) is 0. The topological polar surface area (TPSA) is 88.0 Å². The standard InChI is InChI=1S/2C6H6.CHF3.2CHNO/c2*1-2-4-6-5-3-1;2-1(3)4;2*2-1-3/h2*1-6H;1H;2*3H. The molecule has 118 valence electrons. The lowest BCUT2D eigenvalue weighted by Gasteiger charge is -1.69. The third-order valence-electron chi connectivity index (χ3n) is 1.33. The van der Waals surface area contributed by atoms with E-state index in [1.807, 2.05) is 72.8 Å². The van der Waals surface area contributed by atoms with Crippen molar-refractivity contribution in [2.75, 3.05) is 0 Å². The fraction of sp³-hybridized carbons (Fsp3) is 0.0667. The first-order chi connectivity index (χ1) is 10.6. The van der Waals surface area contributed by atoms with Gasteiger partial charge in [-0.25, -0.2) is 0 Å². The minimum Gasteiger partial charge on any atom is -0.443 e. The molecule has 0 aromatic heterocycles. The fourth-order valence-electron chi connectivity index (χ4n) is 0.770. The Morgan fingerprint density at radius 3 is 0.636 bits per heavy atom. The van der Waals surface area contributed by atoms with E-state index in [-0.39, 0.29) is 0 Å². The van der Waals surface area contributed by atoms with E-state index in [1.54, 1.807) is 0 Å². The number of halogens is 3. The van der Waals surface area contributed by atoms with Gasteiger partial charge in [-0.3, -0.25) is 0 Å². The van der Waals surface area contributed by atoms with Gasteiger partial charge < -0.3 is 10.2 Å². The zero-order chi connectivity index (χ0) is 17.5. The monoisotopic (exact) mass is 312 g/mol. The average molecular weight is 312 g/mol. The van der Waals surface area contributed by atoms with Gasteiger partial charge in [-0.2, -0.15) is 23.7 Å². The SMILES string of the molecule is FC(F)F.N#CO.N#CO.c1ccccc1.c1ccccc1. The van der Waals surface area contributed by atoms with E-state index < -0.39 is 6.68 Å². The molecule has 0 saturated carbocycles. The summed E-state index contributed by atoms with van der Waals surface area (Å²) in [6.45, 7) is -3.67. The molecule has 0 fully saturated rings. The second-order valence-corrected chi connectivity index (χ2v) is 2.76. The molecule has 0 aliphatic carbocycles. The van der Waals surface area contributed by atoms with Crippen molar-refractivity contribution in [1.29, 1.82) is 10.5 Å². The van der Waals surface area contributed by atoms with E-state index in [1.165, 1.54) is 0 Å². The molecule has 4 nitrogen and oxygen atoms in total. The number of hydrogen-bond acceptors (Lipinski definition) is 4. The van der Waals surface area contributed by atoms with Crippen LogP contribution in [0.3, 0.4) is 0 Å². The summed E-state index contributed by atoms with van der Waals surface area (Å²) in [7, 11) is 0. The number of alkyl halides is 3. The van der Waals surface area contributed by atoms with E-state index >= 15 is 0 Å². The molecule has 0 unspecified atom stereocenters. The number of aliphatic hydroxyl groups excluding tert-OH is 2. The molecule has 2 aromatic rings. The van der Waals surface area contributed by atoms with Crippen molar-refractivity contribution in [3.05, 3.63) is 72.8 Å². The van der Waals surface area contributed by atoms with Gasteiger partial charge in [-0.1, -0.05) is 72.8 Å². The highest BCUT2D eigenvalue weighted by atomic mass is 19.4. The van der Waals surface area contributed by atoms with Gasteiger partial charge in [0.05, 0.1) is 0 Å². The van der Waals surface area contributed by atoms with Crippen molar-refractivity contribution in [1.82, 2.24) is 0 Å². The van der Waals surface area contributed by atoms with E-state index in [0.717, 1.165) is 12.5 Å². The summed E-state index contributed by atoms with van der Waals surface area (Å²) in [6, 6.07) is 24.0. The minimum absolute atomic E-state index is 0.750. The minimum atomic E-state index is -3.67. The maximum Gasteiger partial charge on any atom is 0.379 e. The molecule has 2 N–H and O–H groups in total. The van der Waals surface area contributed by atoms with Crippen LogP contribution < -0.4 is 0 Å². The summed E-state index contributed by atoms with van der Waals surface area (Å²) >= 11 is 0. The van der Waals surface area contributed by atoms with Crippen LogP contribution in [0.2, 0.25) is 0 Å². The van der Waals surface area contributed by atoms with Gasteiger partial charge >= 0.3 is 6.68 Å². The highest BCUT2D eigenvalue weighted by Gasteiger charge is 1.86. The van der Waals surface area contributed by atoms with Crippen LogP contribution in [0.25, 0.3) is 0 Å². The Labute approximate surface area is 126 Å². The van der Waals surface area contributed by atoms with Crippen molar-refractivity contribution in [3.63, 3.8) is 0 Å². The Morgan fingerprint density at radius 1 is 0.545 bits per heavy atom. The number of nitriles is 2. The summed E-state index contributed by atoms with van der Waals surface area (Å²) in [5.74, 6) is 0. The molecule has 0 saturated heterocycles. The lowest BCUT2D eigenvalue weighted by atomic mass is 10.4. The molecule has 0 aliphatic rings. The van der Waals surface area contributed by atoms with E-state index in [0.29, 0.717) is 0 Å². The Morgan fingerprint density at radius 2 is 0.591 bits per heavy atom. The average Bonchev–Trinajstić information content (AvgIpc) is 2.52. The summed E-state index contributed by atoms with van der Waals surface area (Å²) in [5, 5.41) is 27.5. The molecule has 22 heavy (non-hydrogen) atoms. The lowest BCUT2D eigenvalue weighted by molar-refractivity contribution is 0.00819. The Hall–Kier alpha value is -3.19. The van der Waals surface area contributed by atoms with Gasteiger partial charge in [0.1, 0.15) is 0 Å². The molecule has 0 spiro atoms. The zero-order valence-corrected chi connectivity index (χ0v) is 11.4. The third-order valence-corrected chi connectivity index (χ3v) is 1.33. The smallest absolute Gasteiger partial charge is 0.379 e. The molecule has 0 radical (unpaired) electrons. The van der Waals surface area contributed by atoms with Crippen LogP contribution in [0, 0.1) is 23.0 Å². The van der Waals surface area contributed by atoms with Crippen molar-refractivity contribution >= 4 is 0 Å². The number of nitrogens with zero attached hydrogens (tertiary/aromatic N) is 2. The molecular weight excluding hydrogens is 297 g/mol. The fourth-order valence-corrected chi connectivity index (χ4v) is 0.770.